The predicted octanol–water partition coefficient (Wildman–Crippen LogP) is 1.97. The second-order valence-corrected chi connectivity index (χ2v) is 6.27. The molecule has 26 heavy (non-hydrogen) atoms. The maximum absolute atomic E-state index is 12.7. The zero-order chi connectivity index (χ0) is 17.8. The Morgan fingerprint density at radius 1 is 1.08 bits per heavy atom. The normalized spacial score (nSPS) is 16.2. The molecule has 3 aromatic rings. The van der Waals surface area contributed by atoms with Crippen LogP contribution >= 0.6 is 0 Å². The number of hydrogen-bond acceptors (Lipinski definition) is 6. The second-order valence-electron chi connectivity index (χ2n) is 6.27. The average Bonchev–Trinajstić information content (AvgIpc) is 3.36. The first-order chi connectivity index (χ1) is 12.6. The SMILES string of the molecule is O=C(ON1C(=O)c2ccccc2C1=O)c1cc(C2CC2)nc2ccnn12. The first kappa shape index (κ1) is 14.8. The molecule has 0 atom stereocenters. The number of nitrogens with zero attached hydrogens (tertiary/aromatic N) is 4. The lowest BCUT2D eigenvalue weighted by Gasteiger charge is -2.13. The van der Waals surface area contributed by atoms with Gasteiger partial charge in [0.1, 0.15) is 0 Å². The molecule has 0 radical (unpaired) electrons. The zero-order valence-corrected chi connectivity index (χ0v) is 13.5. The summed E-state index contributed by atoms with van der Waals surface area (Å²) in [5.74, 6) is -1.84. The molecule has 0 saturated heterocycles. The van der Waals surface area contributed by atoms with Crippen LogP contribution in [-0.4, -0.2) is 37.4 Å². The average molecular weight is 348 g/mol. The summed E-state index contributed by atoms with van der Waals surface area (Å²) in [6.07, 6.45) is 3.56. The summed E-state index contributed by atoms with van der Waals surface area (Å²) in [5, 5.41) is 4.58. The van der Waals surface area contributed by atoms with Crippen molar-refractivity contribution in [2.24, 2.45) is 0 Å². The van der Waals surface area contributed by atoms with Crippen LogP contribution in [0.1, 0.15) is 55.7 Å². The van der Waals surface area contributed by atoms with Crippen LogP contribution in [-0.2, 0) is 4.84 Å². The van der Waals surface area contributed by atoms with Crippen molar-refractivity contribution in [2.75, 3.05) is 0 Å². The van der Waals surface area contributed by atoms with Crippen molar-refractivity contribution in [3.05, 3.63) is 65.1 Å². The number of aromatic nitrogens is 3. The minimum atomic E-state index is -0.836. The number of benzene rings is 1. The van der Waals surface area contributed by atoms with Gasteiger partial charge in [0.2, 0.25) is 0 Å². The summed E-state index contributed by atoms with van der Waals surface area (Å²) in [6, 6.07) is 9.63. The summed E-state index contributed by atoms with van der Waals surface area (Å²) in [6.45, 7) is 0. The van der Waals surface area contributed by atoms with Gasteiger partial charge in [0.15, 0.2) is 11.3 Å². The highest BCUT2D eigenvalue weighted by Crippen LogP contribution is 2.39. The maximum Gasteiger partial charge on any atom is 0.382 e. The van der Waals surface area contributed by atoms with Gasteiger partial charge in [-0.2, -0.15) is 5.10 Å². The predicted molar refractivity (Wildman–Crippen MR) is 87.3 cm³/mol. The van der Waals surface area contributed by atoms with Crippen molar-refractivity contribution in [3.8, 4) is 0 Å². The molecule has 0 spiro atoms. The Labute approximate surface area is 147 Å². The van der Waals surface area contributed by atoms with Gasteiger partial charge < -0.3 is 4.84 Å². The Hall–Kier alpha value is -3.55. The Morgan fingerprint density at radius 2 is 1.77 bits per heavy atom. The summed E-state index contributed by atoms with van der Waals surface area (Å²) >= 11 is 0. The van der Waals surface area contributed by atoms with Crippen LogP contribution in [0.5, 0.6) is 0 Å². The molecule has 1 aliphatic carbocycles. The molecule has 0 bridgehead atoms. The van der Waals surface area contributed by atoms with E-state index in [2.05, 4.69) is 10.1 Å². The molecular weight excluding hydrogens is 336 g/mol. The van der Waals surface area contributed by atoms with E-state index in [1.807, 2.05) is 0 Å². The molecule has 8 nitrogen and oxygen atoms in total. The number of carbonyl (C=O) groups is 3. The van der Waals surface area contributed by atoms with E-state index in [0.717, 1.165) is 18.5 Å². The molecule has 8 heteroatoms. The Kier molecular flexibility index (Phi) is 2.96. The fourth-order valence-electron chi connectivity index (χ4n) is 3.05. The Bertz CT molecular complexity index is 1060. The topological polar surface area (TPSA) is 93.9 Å². The van der Waals surface area contributed by atoms with Crippen LogP contribution in [0.15, 0.2) is 42.6 Å². The molecule has 0 unspecified atom stereocenters. The van der Waals surface area contributed by atoms with Gasteiger partial charge in [-0.25, -0.2) is 14.3 Å². The zero-order valence-electron chi connectivity index (χ0n) is 13.5. The Balaban J connectivity index is 1.50. The first-order valence-electron chi connectivity index (χ1n) is 8.18. The minimum Gasteiger partial charge on any atom is -0.323 e. The highest BCUT2D eigenvalue weighted by Gasteiger charge is 2.39. The number of hydrogen-bond donors (Lipinski definition) is 0. The molecular formula is C18H12N4O4. The third-order valence-corrected chi connectivity index (χ3v) is 4.51. The second kappa shape index (κ2) is 5.22. The monoisotopic (exact) mass is 348 g/mol. The minimum absolute atomic E-state index is 0.124. The lowest BCUT2D eigenvalue weighted by Crippen LogP contribution is -2.33. The van der Waals surface area contributed by atoms with E-state index in [-0.39, 0.29) is 16.8 Å². The van der Waals surface area contributed by atoms with Gasteiger partial charge in [-0.05, 0) is 31.0 Å². The van der Waals surface area contributed by atoms with E-state index in [1.165, 1.54) is 22.8 Å². The first-order valence-corrected chi connectivity index (χ1v) is 8.18. The molecule has 1 fully saturated rings. The third kappa shape index (κ3) is 2.12. The molecule has 0 N–H and O–H groups in total. The molecule has 2 aromatic heterocycles. The number of carbonyl (C=O) groups excluding carboxylic acids is 3. The van der Waals surface area contributed by atoms with Crippen LogP contribution in [0, 0.1) is 0 Å². The highest BCUT2D eigenvalue weighted by molar-refractivity contribution is 6.21. The summed E-state index contributed by atoms with van der Waals surface area (Å²) in [5.41, 5.74) is 1.85. The number of fused-ring (bicyclic) bond motifs is 2. The largest absolute Gasteiger partial charge is 0.382 e. The van der Waals surface area contributed by atoms with Gasteiger partial charge in [0, 0.05) is 17.7 Å². The van der Waals surface area contributed by atoms with Crippen molar-refractivity contribution in [3.63, 3.8) is 0 Å². The van der Waals surface area contributed by atoms with E-state index in [0.29, 0.717) is 16.6 Å². The van der Waals surface area contributed by atoms with Crippen LogP contribution in [0.4, 0.5) is 0 Å². The van der Waals surface area contributed by atoms with E-state index < -0.39 is 17.8 Å². The van der Waals surface area contributed by atoms with Crippen molar-refractivity contribution in [2.45, 2.75) is 18.8 Å². The summed E-state index contributed by atoms with van der Waals surface area (Å²) < 4.78 is 1.34. The van der Waals surface area contributed by atoms with E-state index in [1.54, 1.807) is 24.3 Å². The van der Waals surface area contributed by atoms with Crippen molar-refractivity contribution in [1.29, 1.82) is 0 Å². The number of rotatable bonds is 3. The van der Waals surface area contributed by atoms with Gasteiger partial charge >= 0.3 is 5.97 Å². The van der Waals surface area contributed by atoms with E-state index in [9.17, 15) is 14.4 Å². The molecule has 5 rings (SSSR count). The lowest BCUT2D eigenvalue weighted by molar-refractivity contribution is -0.0590. The fraction of sp³-hybridized carbons (Fsp3) is 0.167. The molecule has 1 saturated carbocycles. The third-order valence-electron chi connectivity index (χ3n) is 4.51. The standard InChI is InChI=1S/C18H12N4O4/c23-16-11-3-1-2-4-12(11)17(24)22(16)26-18(25)14-9-13(10-5-6-10)20-15-7-8-19-21(14)15/h1-4,7-10H,5-6H2. The van der Waals surface area contributed by atoms with Crippen LogP contribution in [0.25, 0.3) is 5.65 Å². The number of amides is 2. The Morgan fingerprint density at radius 3 is 2.42 bits per heavy atom. The van der Waals surface area contributed by atoms with Gasteiger partial charge in [0.25, 0.3) is 11.8 Å². The highest BCUT2D eigenvalue weighted by atomic mass is 16.7. The molecule has 128 valence electrons. The molecule has 1 aliphatic heterocycles. The van der Waals surface area contributed by atoms with Crippen molar-refractivity contribution < 1.29 is 19.2 Å². The van der Waals surface area contributed by atoms with Gasteiger partial charge in [-0.3, -0.25) is 9.59 Å². The number of imide groups is 1. The van der Waals surface area contributed by atoms with Gasteiger partial charge in [0.05, 0.1) is 17.3 Å². The number of hydroxylamine groups is 2. The van der Waals surface area contributed by atoms with Crippen molar-refractivity contribution >= 4 is 23.4 Å². The van der Waals surface area contributed by atoms with Gasteiger partial charge in [-0.15, -0.1) is 0 Å². The lowest BCUT2D eigenvalue weighted by atomic mass is 10.1. The smallest absolute Gasteiger partial charge is 0.323 e. The maximum atomic E-state index is 12.7. The molecule has 3 heterocycles. The van der Waals surface area contributed by atoms with E-state index in [4.69, 9.17) is 4.84 Å². The summed E-state index contributed by atoms with van der Waals surface area (Å²) in [4.78, 5) is 47.0. The molecule has 1 aromatic carbocycles. The van der Waals surface area contributed by atoms with E-state index >= 15 is 0 Å². The fourth-order valence-corrected chi connectivity index (χ4v) is 3.05. The van der Waals surface area contributed by atoms with Gasteiger partial charge in [-0.1, -0.05) is 17.2 Å². The van der Waals surface area contributed by atoms with Crippen LogP contribution in [0.3, 0.4) is 0 Å². The quantitative estimate of drug-likeness (QED) is 0.672. The summed E-state index contributed by atoms with van der Waals surface area (Å²) in [7, 11) is 0. The van der Waals surface area contributed by atoms with Crippen LogP contribution < -0.4 is 0 Å². The molecule has 2 aliphatic rings. The molecule has 2 amide bonds. The van der Waals surface area contributed by atoms with Crippen LogP contribution in [0.2, 0.25) is 0 Å². The van der Waals surface area contributed by atoms with Crippen molar-refractivity contribution in [1.82, 2.24) is 19.7 Å².